The molecule has 0 aliphatic rings. The van der Waals surface area contributed by atoms with Gasteiger partial charge in [0.15, 0.2) is 6.10 Å². The highest BCUT2D eigenvalue weighted by Gasteiger charge is 2.39. The normalized spacial score (nSPS) is 13.6. The molecule has 1 aromatic rings. The van der Waals surface area contributed by atoms with Crippen LogP contribution in [0, 0.1) is 0 Å². The number of nitrogens with one attached hydrogen (secondary N) is 1. The van der Waals surface area contributed by atoms with Crippen LogP contribution in [0.15, 0.2) is 18.3 Å². The third kappa shape index (κ3) is 5.06. The molecule has 0 saturated carbocycles. The van der Waals surface area contributed by atoms with E-state index >= 15 is 0 Å². The Morgan fingerprint density at radius 3 is 2.32 bits per heavy atom. The highest BCUT2D eigenvalue weighted by Crippen LogP contribution is 2.27. The van der Waals surface area contributed by atoms with Crippen molar-refractivity contribution in [2.45, 2.75) is 18.5 Å². The van der Waals surface area contributed by atoms with E-state index in [-0.39, 0.29) is 5.69 Å². The summed E-state index contributed by atoms with van der Waals surface area (Å²) in [5.74, 6) is 0. The molecule has 0 aliphatic heterocycles. The molecule has 5 nitrogen and oxygen atoms in total. The topological polar surface area (TPSA) is 65.5 Å². The highest BCUT2D eigenvalue weighted by molar-refractivity contribution is 5.88. The maximum Gasteiger partial charge on any atom is 0.433 e. The lowest BCUT2D eigenvalue weighted by Gasteiger charge is -2.22. The molecule has 22 heavy (non-hydrogen) atoms. The molecule has 124 valence electrons. The maximum absolute atomic E-state index is 12.3. The fraction of sp³-hybridized carbons (Fsp3) is 0.455. The predicted molar refractivity (Wildman–Crippen MR) is 62.9 cm³/mol. The zero-order valence-corrected chi connectivity index (χ0v) is 11.0. The Kier molecular flexibility index (Phi) is 5.22. The number of carbonyl (C=O) groups is 1. The minimum atomic E-state index is -4.88. The zero-order chi connectivity index (χ0) is 17.1. The van der Waals surface area contributed by atoms with E-state index in [1.165, 1.54) is 0 Å². The average molecular weight is 331 g/mol. The molecule has 1 heterocycles. The quantitative estimate of drug-likeness (QED) is 0.837. The first kappa shape index (κ1) is 18.0. The first-order chi connectivity index (χ1) is 9.91. The number of aromatic nitrogens is 1. The predicted octanol–water partition coefficient (Wildman–Crippen LogP) is 2.49. The minimum Gasteiger partial charge on any atom is -0.382 e. The minimum absolute atomic E-state index is 0.133. The molecule has 2 amide bonds. The van der Waals surface area contributed by atoms with Crippen LogP contribution in [0.2, 0.25) is 0 Å². The van der Waals surface area contributed by atoms with Gasteiger partial charge in [0.05, 0.1) is 18.4 Å². The van der Waals surface area contributed by atoms with Gasteiger partial charge >= 0.3 is 18.4 Å². The Balaban J connectivity index is 2.65. The second kappa shape index (κ2) is 6.38. The van der Waals surface area contributed by atoms with Crippen molar-refractivity contribution in [2.24, 2.45) is 0 Å². The summed E-state index contributed by atoms with van der Waals surface area (Å²) in [4.78, 5) is 15.2. The van der Waals surface area contributed by atoms with Crippen molar-refractivity contribution >= 4 is 11.7 Å². The van der Waals surface area contributed by atoms with Gasteiger partial charge in [-0.2, -0.15) is 26.3 Å². The Labute approximate surface area is 120 Å². The van der Waals surface area contributed by atoms with Crippen LogP contribution in [-0.4, -0.2) is 46.9 Å². The van der Waals surface area contributed by atoms with Gasteiger partial charge in [-0.25, -0.2) is 9.78 Å². The molecule has 2 N–H and O–H groups in total. The maximum atomic E-state index is 12.3. The summed E-state index contributed by atoms with van der Waals surface area (Å²) in [7, 11) is 0.988. The van der Waals surface area contributed by atoms with Gasteiger partial charge in [0.2, 0.25) is 0 Å². The standard InChI is InChI=1S/C11H11F6N3O2/c1-20(5-8(21)11(15,16)17)9(22)19-6-2-3-7(18-4-6)10(12,13)14/h2-4,8,21H,5H2,1H3,(H,19,22). The Hall–Kier alpha value is -2.04. The summed E-state index contributed by atoms with van der Waals surface area (Å²) in [6, 6.07) is 0.479. The number of hydrogen-bond acceptors (Lipinski definition) is 3. The lowest BCUT2D eigenvalue weighted by Crippen LogP contribution is -2.43. The highest BCUT2D eigenvalue weighted by atomic mass is 19.4. The number of alkyl halides is 6. The average Bonchev–Trinajstić information content (AvgIpc) is 2.36. The molecule has 1 aromatic heterocycles. The molecule has 1 atom stereocenters. The number of nitrogens with zero attached hydrogens (tertiary/aromatic N) is 2. The van der Waals surface area contributed by atoms with E-state index in [0.29, 0.717) is 11.0 Å². The number of likely N-dealkylation sites (N-methyl/N-ethyl adjacent to an activating group) is 1. The Morgan fingerprint density at radius 2 is 1.91 bits per heavy atom. The number of amides is 2. The van der Waals surface area contributed by atoms with Crippen molar-refractivity contribution in [1.82, 2.24) is 9.88 Å². The summed E-state index contributed by atoms with van der Waals surface area (Å²) in [5, 5.41) is 10.9. The molecule has 1 unspecified atom stereocenters. The number of anilines is 1. The summed E-state index contributed by atoms with van der Waals surface area (Å²) >= 11 is 0. The summed E-state index contributed by atoms with van der Waals surface area (Å²) < 4.78 is 73.2. The lowest BCUT2D eigenvalue weighted by molar-refractivity contribution is -0.205. The van der Waals surface area contributed by atoms with Crippen LogP contribution in [0.3, 0.4) is 0 Å². The molecule has 0 aromatic carbocycles. The molecule has 1 rings (SSSR count). The van der Waals surface area contributed by atoms with Crippen LogP contribution < -0.4 is 5.32 Å². The number of aliphatic hydroxyl groups is 1. The van der Waals surface area contributed by atoms with Crippen molar-refractivity contribution < 1.29 is 36.2 Å². The SMILES string of the molecule is CN(CC(O)C(F)(F)F)C(=O)Nc1ccc(C(F)(F)F)nc1. The lowest BCUT2D eigenvalue weighted by atomic mass is 10.3. The van der Waals surface area contributed by atoms with Crippen molar-refractivity contribution in [3.8, 4) is 0 Å². The molecule has 0 saturated heterocycles. The van der Waals surface area contributed by atoms with Crippen molar-refractivity contribution in [3.05, 3.63) is 24.0 Å². The van der Waals surface area contributed by atoms with E-state index in [2.05, 4.69) is 10.3 Å². The number of pyridine rings is 1. The van der Waals surface area contributed by atoms with Crippen molar-refractivity contribution in [2.75, 3.05) is 18.9 Å². The Bertz CT molecular complexity index is 514. The second-order valence-corrected chi connectivity index (χ2v) is 4.30. The molecule has 11 heteroatoms. The van der Waals surface area contributed by atoms with E-state index in [4.69, 9.17) is 5.11 Å². The summed E-state index contributed by atoms with van der Waals surface area (Å²) in [6.07, 6.45) is -11.5. The van der Waals surface area contributed by atoms with Gasteiger partial charge in [0.25, 0.3) is 0 Å². The van der Waals surface area contributed by atoms with Gasteiger partial charge in [-0.1, -0.05) is 0 Å². The number of rotatable bonds is 3. The van der Waals surface area contributed by atoms with Gasteiger partial charge in [-0.15, -0.1) is 0 Å². The van der Waals surface area contributed by atoms with Crippen LogP contribution >= 0.6 is 0 Å². The Morgan fingerprint density at radius 1 is 1.32 bits per heavy atom. The van der Waals surface area contributed by atoms with E-state index in [9.17, 15) is 31.1 Å². The van der Waals surface area contributed by atoms with E-state index in [1.807, 2.05) is 0 Å². The molecular formula is C11H11F6N3O2. The van der Waals surface area contributed by atoms with Crippen molar-refractivity contribution in [3.63, 3.8) is 0 Å². The van der Waals surface area contributed by atoms with Gasteiger partial charge < -0.3 is 15.3 Å². The number of urea groups is 1. The monoisotopic (exact) mass is 331 g/mol. The second-order valence-electron chi connectivity index (χ2n) is 4.30. The van der Waals surface area contributed by atoms with E-state index in [1.54, 1.807) is 0 Å². The van der Waals surface area contributed by atoms with Gasteiger partial charge in [-0.05, 0) is 12.1 Å². The van der Waals surface area contributed by atoms with Crippen molar-refractivity contribution in [1.29, 1.82) is 0 Å². The zero-order valence-electron chi connectivity index (χ0n) is 11.0. The van der Waals surface area contributed by atoms with Gasteiger partial charge in [0.1, 0.15) is 5.69 Å². The third-order valence-corrected chi connectivity index (χ3v) is 2.48. The van der Waals surface area contributed by atoms with Crippen LogP contribution in [0.1, 0.15) is 5.69 Å². The first-order valence-corrected chi connectivity index (χ1v) is 5.71. The number of carbonyl (C=O) groups excluding carboxylic acids is 1. The van der Waals surface area contributed by atoms with Crippen LogP contribution in [-0.2, 0) is 6.18 Å². The van der Waals surface area contributed by atoms with Gasteiger partial charge in [-0.3, -0.25) is 0 Å². The molecule has 0 aliphatic carbocycles. The number of hydrogen-bond donors (Lipinski definition) is 2. The summed E-state index contributed by atoms with van der Waals surface area (Å²) in [6.45, 7) is -1.02. The fourth-order valence-corrected chi connectivity index (χ4v) is 1.30. The molecule has 0 bridgehead atoms. The smallest absolute Gasteiger partial charge is 0.382 e. The van der Waals surface area contributed by atoms with E-state index < -0.39 is 36.7 Å². The van der Waals surface area contributed by atoms with Crippen LogP contribution in [0.25, 0.3) is 0 Å². The first-order valence-electron chi connectivity index (χ1n) is 5.71. The molecular weight excluding hydrogens is 320 g/mol. The van der Waals surface area contributed by atoms with E-state index in [0.717, 1.165) is 19.3 Å². The molecule has 0 radical (unpaired) electrons. The summed E-state index contributed by atoms with van der Waals surface area (Å²) in [5.41, 5.74) is -1.31. The van der Waals surface area contributed by atoms with Crippen LogP contribution in [0.4, 0.5) is 36.8 Å². The number of aliphatic hydroxyl groups excluding tert-OH is 1. The molecule has 0 fully saturated rings. The third-order valence-electron chi connectivity index (χ3n) is 2.48. The molecule has 0 spiro atoms. The fourth-order valence-electron chi connectivity index (χ4n) is 1.30. The largest absolute Gasteiger partial charge is 0.433 e. The van der Waals surface area contributed by atoms with Gasteiger partial charge in [0, 0.05) is 7.05 Å². The van der Waals surface area contributed by atoms with Crippen LogP contribution in [0.5, 0.6) is 0 Å². The number of halogens is 6.